The molecule has 0 radical (unpaired) electrons. The Morgan fingerprint density at radius 1 is 0.735 bits per heavy atom. The first-order valence-corrected chi connectivity index (χ1v) is 25.5. The molecule has 0 bridgehead atoms. The van der Waals surface area contributed by atoms with Gasteiger partial charge in [-0.15, -0.1) is 0 Å². The lowest BCUT2D eigenvalue weighted by Crippen LogP contribution is -2.43. The van der Waals surface area contributed by atoms with E-state index in [4.69, 9.17) is 25.8 Å². The molecule has 18 nitrogen and oxygen atoms in total. The number of aromatic nitrogens is 2. The maximum absolute atomic E-state index is 14.6. The number of piperidine rings is 2. The van der Waals surface area contributed by atoms with E-state index in [1.807, 2.05) is 4.90 Å². The molecular formula is C46H53ClFN7O11S2. The van der Waals surface area contributed by atoms with Gasteiger partial charge in [-0.3, -0.25) is 19.0 Å². The van der Waals surface area contributed by atoms with Gasteiger partial charge in [0.05, 0.1) is 48.1 Å². The summed E-state index contributed by atoms with van der Waals surface area (Å²) in [6.07, 6.45) is 1.77. The molecule has 0 aliphatic carbocycles. The van der Waals surface area contributed by atoms with E-state index in [2.05, 4.69) is 25.5 Å². The third-order valence-electron chi connectivity index (χ3n) is 10.9. The normalized spacial score (nSPS) is 14.5. The van der Waals surface area contributed by atoms with Crippen molar-refractivity contribution in [3.63, 3.8) is 0 Å². The minimum atomic E-state index is -3.83. The van der Waals surface area contributed by atoms with Crippen LogP contribution in [0.2, 0.25) is 5.15 Å². The van der Waals surface area contributed by atoms with Gasteiger partial charge in [-0.05, 0) is 62.8 Å². The monoisotopic (exact) mass is 997 g/mol. The Morgan fingerprint density at radius 3 is 1.63 bits per heavy atom. The van der Waals surface area contributed by atoms with Crippen molar-refractivity contribution < 1.29 is 54.6 Å². The summed E-state index contributed by atoms with van der Waals surface area (Å²) in [6.45, 7) is 5.33. The fourth-order valence-corrected chi connectivity index (χ4v) is 10.1. The number of nitriles is 1. The van der Waals surface area contributed by atoms with E-state index in [0.29, 0.717) is 74.4 Å². The molecule has 68 heavy (non-hydrogen) atoms. The second-order valence-corrected chi connectivity index (χ2v) is 19.5. The minimum absolute atomic E-state index is 0.0291. The first-order valence-electron chi connectivity index (χ1n) is 21.8. The molecule has 4 aromatic rings. The van der Waals surface area contributed by atoms with Crippen molar-refractivity contribution in [2.24, 2.45) is 11.8 Å². The molecule has 2 aromatic heterocycles. The number of rotatable bonds is 17. The molecule has 0 saturated carbocycles. The van der Waals surface area contributed by atoms with Crippen molar-refractivity contribution in [3.8, 4) is 6.07 Å². The molecule has 0 spiro atoms. The molecule has 2 saturated heterocycles. The van der Waals surface area contributed by atoms with Crippen LogP contribution in [0, 0.1) is 29.0 Å². The van der Waals surface area contributed by atoms with E-state index in [1.165, 1.54) is 6.07 Å². The summed E-state index contributed by atoms with van der Waals surface area (Å²) < 4.78 is 83.5. The van der Waals surface area contributed by atoms with Gasteiger partial charge >= 0.3 is 11.9 Å². The Hall–Kier alpha value is -6.21. The van der Waals surface area contributed by atoms with Crippen LogP contribution < -0.4 is 19.2 Å². The number of methoxy groups -OCH3 is 1. The van der Waals surface area contributed by atoms with Gasteiger partial charge in [0.25, 0.3) is 0 Å². The first kappa shape index (κ1) is 52.8. The lowest BCUT2D eigenvalue weighted by Gasteiger charge is -2.33. The number of ether oxygens (including phenoxy) is 3. The molecule has 6 rings (SSSR count). The Balaban J connectivity index is 0.000000256. The number of pyridine rings is 2. The maximum Gasteiger partial charge on any atom is 0.341 e. The number of hydrogen-bond acceptors (Lipinski definition) is 16. The van der Waals surface area contributed by atoms with Gasteiger partial charge in [0, 0.05) is 51.5 Å². The van der Waals surface area contributed by atoms with Crippen LogP contribution in [-0.4, -0.2) is 104 Å². The van der Waals surface area contributed by atoms with E-state index in [1.54, 1.807) is 86.5 Å². The average molecular weight is 999 g/mol. The van der Waals surface area contributed by atoms with Gasteiger partial charge in [-0.2, -0.15) is 5.26 Å². The zero-order chi connectivity index (χ0) is 49.4. The van der Waals surface area contributed by atoms with Gasteiger partial charge in [0.15, 0.2) is 11.6 Å². The summed E-state index contributed by atoms with van der Waals surface area (Å²) in [5, 5.41) is 9.54. The number of carbonyl (C=O) groups excluding carboxylic acids is 4. The largest absolute Gasteiger partial charge is 0.462 e. The summed E-state index contributed by atoms with van der Waals surface area (Å²) in [7, 11) is -6.10. The number of nitrogens with one attached hydrogen (secondary N) is 2. The fraction of sp³-hybridized carbons (Fsp3) is 0.413. The molecule has 2 amide bonds. The second kappa shape index (κ2) is 24.7. The highest BCUT2D eigenvalue weighted by atomic mass is 35.5. The Labute approximate surface area is 400 Å². The molecule has 2 aliphatic heterocycles. The molecule has 2 aliphatic rings. The standard InChI is InChI=1S/C25H30N4O6S.C21H23ClFN3O5S/c1-3-35-25(31)21-15-20(16-26)23(27-22(21)11-14-34-2)29-12-9-19(10-13-29)24(30)28-36(32,33)17-18-7-5-4-6-8-18;1-2-31-21(28)16-12-17(23)19(24-18(16)22)26-10-8-15(9-11-26)20(27)25-32(29,30)13-14-6-4-3-5-7-14/h4-8,15,19H,3,9-14,17H2,1-2H3,(H,28,30);3-7,12,15H,2,8-11,13H2,1H3,(H,25,27). The fourth-order valence-electron chi connectivity index (χ4n) is 7.51. The van der Waals surface area contributed by atoms with Crippen LogP contribution in [0.4, 0.5) is 16.0 Å². The van der Waals surface area contributed by atoms with Crippen LogP contribution in [0.25, 0.3) is 0 Å². The van der Waals surface area contributed by atoms with Crippen LogP contribution in [0.3, 0.4) is 0 Å². The van der Waals surface area contributed by atoms with Gasteiger partial charge < -0.3 is 24.0 Å². The van der Waals surface area contributed by atoms with Crippen molar-refractivity contribution in [1.29, 1.82) is 5.26 Å². The average Bonchev–Trinajstić information content (AvgIpc) is 3.31. The maximum atomic E-state index is 14.6. The first-order chi connectivity index (χ1) is 32.5. The van der Waals surface area contributed by atoms with E-state index in [-0.39, 0.29) is 65.5 Å². The highest BCUT2D eigenvalue weighted by Crippen LogP contribution is 2.30. The van der Waals surface area contributed by atoms with E-state index in [0.717, 1.165) is 6.07 Å². The highest BCUT2D eigenvalue weighted by molar-refractivity contribution is 7.89. The molecule has 0 atom stereocenters. The van der Waals surface area contributed by atoms with Crippen LogP contribution >= 0.6 is 11.6 Å². The molecule has 2 fully saturated rings. The van der Waals surface area contributed by atoms with Crippen molar-refractivity contribution in [1.82, 2.24) is 19.4 Å². The van der Waals surface area contributed by atoms with Crippen molar-refractivity contribution >= 4 is 67.0 Å². The number of amides is 2. The third-order valence-corrected chi connectivity index (χ3v) is 13.6. The minimum Gasteiger partial charge on any atom is -0.462 e. The predicted octanol–water partition coefficient (Wildman–Crippen LogP) is 5.09. The Bertz CT molecular complexity index is 2680. The smallest absolute Gasteiger partial charge is 0.341 e. The molecule has 22 heteroatoms. The number of sulfonamides is 2. The van der Waals surface area contributed by atoms with Gasteiger partial charge in [0.2, 0.25) is 31.9 Å². The summed E-state index contributed by atoms with van der Waals surface area (Å²) in [5.74, 6) is -4.34. The number of esters is 2. The molecular weight excluding hydrogens is 945 g/mol. The Kier molecular flexibility index (Phi) is 19.2. The number of carbonyl (C=O) groups is 4. The molecule has 0 unspecified atom stereocenters. The summed E-state index contributed by atoms with van der Waals surface area (Å²) in [5.41, 5.74) is 1.94. The van der Waals surface area contributed by atoms with Gasteiger partial charge in [-0.25, -0.2) is 40.8 Å². The molecule has 364 valence electrons. The topological polar surface area (TPSA) is 244 Å². The van der Waals surface area contributed by atoms with Gasteiger partial charge in [-0.1, -0.05) is 72.3 Å². The zero-order valence-corrected chi connectivity index (χ0v) is 40.2. The Morgan fingerprint density at radius 2 is 1.19 bits per heavy atom. The lowest BCUT2D eigenvalue weighted by molar-refractivity contribution is -0.124. The molecule has 2 aromatic carbocycles. The summed E-state index contributed by atoms with van der Waals surface area (Å²) in [6, 6.07) is 21.8. The number of anilines is 2. The quantitative estimate of drug-likeness (QED) is 0.103. The molecule has 4 heterocycles. The zero-order valence-electron chi connectivity index (χ0n) is 37.8. The highest BCUT2D eigenvalue weighted by Gasteiger charge is 2.32. The lowest BCUT2D eigenvalue weighted by atomic mass is 9.96. The predicted molar refractivity (Wildman–Crippen MR) is 250 cm³/mol. The number of benzene rings is 2. The van der Waals surface area contributed by atoms with E-state index in [9.17, 15) is 45.7 Å². The van der Waals surface area contributed by atoms with Crippen LogP contribution in [0.1, 0.15) is 82.6 Å². The van der Waals surface area contributed by atoms with Crippen LogP contribution in [0.5, 0.6) is 0 Å². The van der Waals surface area contributed by atoms with Crippen LogP contribution in [0.15, 0.2) is 72.8 Å². The van der Waals surface area contributed by atoms with Crippen LogP contribution in [-0.2, 0) is 61.8 Å². The second-order valence-electron chi connectivity index (χ2n) is 15.7. The summed E-state index contributed by atoms with van der Waals surface area (Å²) in [4.78, 5) is 61.5. The number of hydrogen-bond donors (Lipinski definition) is 2. The van der Waals surface area contributed by atoms with Crippen molar-refractivity contribution in [2.45, 2.75) is 57.5 Å². The van der Waals surface area contributed by atoms with Crippen molar-refractivity contribution in [3.05, 3.63) is 117 Å². The number of halogens is 2. The number of nitrogens with zero attached hydrogens (tertiary/aromatic N) is 5. The van der Waals surface area contributed by atoms with Crippen molar-refractivity contribution in [2.75, 3.05) is 62.9 Å². The van der Waals surface area contributed by atoms with E-state index >= 15 is 0 Å². The van der Waals surface area contributed by atoms with Gasteiger partial charge in [0.1, 0.15) is 22.6 Å². The molecule has 2 N–H and O–H groups in total. The van der Waals surface area contributed by atoms with E-state index < -0.39 is 61.5 Å². The SMILES string of the molecule is CCOC(=O)c1cc(C#N)c(N2CCC(C(=O)NS(=O)(=O)Cc3ccccc3)CC2)nc1CCOC.CCOC(=O)c1cc(F)c(N2CCC(C(=O)NS(=O)(=O)Cc3ccccc3)CC2)nc1Cl. The summed E-state index contributed by atoms with van der Waals surface area (Å²) >= 11 is 6.03. The third kappa shape index (κ3) is 14.9.